The van der Waals surface area contributed by atoms with Gasteiger partial charge in [0.25, 0.3) is 23.6 Å². The summed E-state index contributed by atoms with van der Waals surface area (Å²) in [6.45, 7) is -0.517. The van der Waals surface area contributed by atoms with Crippen molar-refractivity contribution in [1.29, 1.82) is 0 Å². The van der Waals surface area contributed by atoms with Crippen LogP contribution in [0.3, 0.4) is 0 Å². The Morgan fingerprint density at radius 1 is 0.607 bits per heavy atom. The quantitative estimate of drug-likeness (QED) is 0.467. The fourth-order valence-corrected chi connectivity index (χ4v) is 3.49. The number of benzene rings is 2. The third-order valence-corrected chi connectivity index (χ3v) is 4.66. The Kier molecular flexibility index (Phi) is 4.40. The van der Waals surface area contributed by atoms with Crippen LogP contribution in [0, 0.1) is 0 Å². The lowest BCUT2D eigenvalue weighted by atomic mass is 9.86. The summed E-state index contributed by atoms with van der Waals surface area (Å²) in [7, 11) is 0. The van der Waals surface area contributed by atoms with Crippen molar-refractivity contribution in [2.75, 3.05) is 26.3 Å². The number of nitrogens with zero attached hydrogens (tertiary/aromatic N) is 2. The van der Waals surface area contributed by atoms with E-state index in [9.17, 15) is 19.2 Å². The summed E-state index contributed by atoms with van der Waals surface area (Å²) < 4.78 is 0. The van der Waals surface area contributed by atoms with Crippen LogP contribution in [0.4, 0.5) is 0 Å². The van der Waals surface area contributed by atoms with Gasteiger partial charge in [-0.25, -0.2) is 20.9 Å². The summed E-state index contributed by atoms with van der Waals surface area (Å²) in [5.41, 5.74) is 5.85. The van der Waals surface area contributed by atoms with E-state index in [1.165, 1.54) is 24.3 Å². The van der Waals surface area contributed by atoms with Crippen LogP contribution in [0.25, 0.3) is 10.8 Å². The van der Waals surface area contributed by atoms with E-state index >= 15 is 0 Å². The lowest BCUT2D eigenvalue weighted by molar-refractivity contribution is 0.0487. The van der Waals surface area contributed by atoms with Gasteiger partial charge in [-0.2, -0.15) is 0 Å². The van der Waals surface area contributed by atoms with Crippen LogP contribution in [0.5, 0.6) is 0 Å². The second-order valence-electron chi connectivity index (χ2n) is 6.23. The number of hydrazine groups is 2. The van der Waals surface area contributed by atoms with Gasteiger partial charge in [-0.15, -0.1) is 0 Å². The number of aliphatic hydroxyl groups is 2. The molecule has 10 nitrogen and oxygen atoms in total. The number of amides is 4. The van der Waals surface area contributed by atoms with Gasteiger partial charge in [0, 0.05) is 23.9 Å². The molecular formula is C18H16N4O6. The van der Waals surface area contributed by atoms with Crippen molar-refractivity contribution in [3.8, 4) is 0 Å². The predicted octanol–water partition coefficient (Wildman–Crippen LogP) is -0.974. The molecule has 4 N–H and O–H groups in total. The maximum absolute atomic E-state index is 12.8. The molecule has 0 bridgehead atoms. The summed E-state index contributed by atoms with van der Waals surface area (Å²) in [6.07, 6.45) is 0. The Bertz CT molecular complexity index is 897. The number of hydrogen-bond donors (Lipinski definition) is 4. The standard InChI is InChI=1S/C18H16N4O6/c23-7-5-19-21-15(25)9-1-2-10-14-12(4-3-11(13(9)14)17(21)27)18(28)22(16(10)26)20-6-8-24/h1-4,19-20,23-24H,5-8H2. The molecule has 0 aliphatic carbocycles. The zero-order valence-corrected chi connectivity index (χ0v) is 14.6. The van der Waals surface area contributed by atoms with E-state index in [2.05, 4.69) is 10.9 Å². The van der Waals surface area contributed by atoms with Crippen LogP contribution in [0.15, 0.2) is 24.3 Å². The molecule has 0 aromatic heterocycles. The van der Waals surface area contributed by atoms with E-state index < -0.39 is 23.6 Å². The fourth-order valence-electron chi connectivity index (χ4n) is 3.49. The third kappa shape index (κ3) is 2.43. The topological polar surface area (TPSA) is 139 Å². The highest BCUT2D eigenvalue weighted by Crippen LogP contribution is 2.37. The Hall–Kier alpha value is -3.18. The number of carbonyl (C=O) groups is 4. The Morgan fingerprint density at radius 3 is 1.14 bits per heavy atom. The minimum Gasteiger partial charge on any atom is -0.395 e. The molecule has 0 fully saturated rings. The molecule has 10 heteroatoms. The van der Waals surface area contributed by atoms with Crippen molar-refractivity contribution >= 4 is 34.4 Å². The lowest BCUT2D eigenvalue weighted by Crippen LogP contribution is -2.52. The molecule has 4 rings (SSSR count). The smallest absolute Gasteiger partial charge is 0.275 e. The first kappa shape index (κ1) is 18.2. The van der Waals surface area contributed by atoms with Crippen molar-refractivity contribution in [2.45, 2.75) is 0 Å². The summed E-state index contributed by atoms with van der Waals surface area (Å²) >= 11 is 0. The highest BCUT2D eigenvalue weighted by atomic mass is 16.3. The van der Waals surface area contributed by atoms with Gasteiger partial charge in [-0.1, -0.05) is 0 Å². The average Bonchev–Trinajstić information content (AvgIpc) is 2.70. The SMILES string of the molecule is O=C1c2ccc3c4c(ccc(c24)C(=O)N1NCCO)C(=O)N(NCCO)C3=O. The second-order valence-corrected chi connectivity index (χ2v) is 6.23. The summed E-state index contributed by atoms with van der Waals surface area (Å²) in [4.78, 5) is 51.0. The van der Waals surface area contributed by atoms with E-state index in [4.69, 9.17) is 10.2 Å². The van der Waals surface area contributed by atoms with E-state index in [1.807, 2.05) is 0 Å². The predicted molar refractivity (Wildman–Crippen MR) is 95.1 cm³/mol. The molecule has 0 atom stereocenters. The third-order valence-electron chi connectivity index (χ3n) is 4.66. The number of imide groups is 2. The average molecular weight is 384 g/mol. The van der Waals surface area contributed by atoms with E-state index in [0.717, 1.165) is 10.0 Å². The van der Waals surface area contributed by atoms with Crippen molar-refractivity contribution in [3.63, 3.8) is 0 Å². The van der Waals surface area contributed by atoms with Gasteiger partial charge in [-0.3, -0.25) is 19.2 Å². The van der Waals surface area contributed by atoms with Crippen LogP contribution in [0.2, 0.25) is 0 Å². The zero-order chi connectivity index (χ0) is 20.0. The first-order valence-electron chi connectivity index (χ1n) is 8.57. The van der Waals surface area contributed by atoms with Crippen molar-refractivity contribution in [3.05, 3.63) is 46.5 Å². The maximum Gasteiger partial charge on any atom is 0.275 e. The Morgan fingerprint density at radius 2 is 0.893 bits per heavy atom. The molecule has 2 aliphatic heterocycles. The van der Waals surface area contributed by atoms with Crippen molar-refractivity contribution < 1.29 is 29.4 Å². The molecule has 0 saturated carbocycles. The second kappa shape index (κ2) is 6.77. The van der Waals surface area contributed by atoms with E-state index in [-0.39, 0.29) is 59.3 Å². The highest BCUT2D eigenvalue weighted by Gasteiger charge is 2.39. The van der Waals surface area contributed by atoms with Crippen LogP contribution < -0.4 is 10.9 Å². The summed E-state index contributed by atoms with van der Waals surface area (Å²) in [6, 6.07) is 5.74. The fraction of sp³-hybridized carbons (Fsp3) is 0.222. The van der Waals surface area contributed by atoms with Crippen LogP contribution >= 0.6 is 0 Å². The number of carbonyl (C=O) groups excluding carboxylic acids is 4. The largest absolute Gasteiger partial charge is 0.395 e. The molecule has 0 unspecified atom stereocenters. The maximum atomic E-state index is 12.8. The molecular weight excluding hydrogens is 368 g/mol. The van der Waals surface area contributed by atoms with Crippen molar-refractivity contribution in [2.24, 2.45) is 0 Å². The van der Waals surface area contributed by atoms with Gasteiger partial charge in [0.2, 0.25) is 0 Å². The number of rotatable bonds is 6. The van der Waals surface area contributed by atoms with Gasteiger partial charge in [-0.05, 0) is 24.3 Å². The molecule has 28 heavy (non-hydrogen) atoms. The molecule has 0 saturated heterocycles. The van der Waals surface area contributed by atoms with Crippen molar-refractivity contribution in [1.82, 2.24) is 20.9 Å². The molecule has 0 radical (unpaired) electrons. The van der Waals surface area contributed by atoms with Gasteiger partial charge in [0.15, 0.2) is 0 Å². The molecule has 2 aliphatic rings. The molecule has 2 aromatic carbocycles. The first-order chi connectivity index (χ1) is 13.5. The van der Waals surface area contributed by atoms with Gasteiger partial charge in [0.05, 0.1) is 35.5 Å². The Labute approximate surface area is 158 Å². The first-order valence-corrected chi connectivity index (χ1v) is 8.57. The molecule has 2 aromatic rings. The minimum atomic E-state index is -0.629. The summed E-state index contributed by atoms with van der Waals surface area (Å²) in [5, 5.41) is 20.1. The molecule has 2 heterocycles. The molecule has 4 amide bonds. The summed E-state index contributed by atoms with van der Waals surface area (Å²) in [5.74, 6) is -2.52. The highest BCUT2D eigenvalue weighted by molar-refractivity contribution is 6.33. The van der Waals surface area contributed by atoms with Gasteiger partial charge in [0.1, 0.15) is 0 Å². The normalized spacial score (nSPS) is 15.8. The zero-order valence-electron chi connectivity index (χ0n) is 14.6. The lowest BCUT2D eigenvalue weighted by Gasteiger charge is -2.31. The van der Waals surface area contributed by atoms with Gasteiger partial charge < -0.3 is 10.2 Å². The van der Waals surface area contributed by atoms with E-state index in [0.29, 0.717) is 0 Å². The van der Waals surface area contributed by atoms with E-state index in [1.54, 1.807) is 0 Å². The molecule has 0 spiro atoms. The Balaban J connectivity index is 1.91. The molecule has 144 valence electrons. The number of nitrogens with one attached hydrogen (secondary N) is 2. The van der Waals surface area contributed by atoms with Gasteiger partial charge >= 0.3 is 0 Å². The van der Waals surface area contributed by atoms with Crippen LogP contribution in [-0.2, 0) is 0 Å². The monoisotopic (exact) mass is 384 g/mol. The number of hydrogen-bond acceptors (Lipinski definition) is 8. The minimum absolute atomic E-state index is 0.00851. The number of aliphatic hydroxyl groups excluding tert-OH is 2. The van der Waals surface area contributed by atoms with Crippen LogP contribution in [0.1, 0.15) is 41.4 Å². The van der Waals surface area contributed by atoms with Crippen LogP contribution in [-0.4, -0.2) is 70.2 Å².